The summed E-state index contributed by atoms with van der Waals surface area (Å²) in [5, 5.41) is 1.55. The predicted molar refractivity (Wildman–Crippen MR) is 88.5 cm³/mol. The van der Waals surface area contributed by atoms with Crippen LogP contribution in [0.4, 0.5) is 0 Å². The number of cyclic esters (lactones) is 1. The van der Waals surface area contributed by atoms with Crippen molar-refractivity contribution in [2.24, 2.45) is 4.99 Å². The fourth-order valence-electron chi connectivity index (χ4n) is 1.89. The Morgan fingerprint density at radius 2 is 1.64 bits per heavy atom. The number of carbonyl (C=O) groups excluding carboxylic acids is 1. The molecule has 1 aliphatic rings. The van der Waals surface area contributed by atoms with Crippen molar-refractivity contribution >= 4 is 52.7 Å². The average molecular weight is 353 g/mol. The third-order valence-corrected chi connectivity index (χ3v) is 3.78. The Balaban J connectivity index is 1.95. The number of aliphatic imine (C=N–C) groups is 1. The average Bonchev–Trinajstić information content (AvgIpc) is 2.84. The fraction of sp³-hybridized carbons (Fsp3) is 0. The summed E-state index contributed by atoms with van der Waals surface area (Å²) in [7, 11) is 0. The van der Waals surface area contributed by atoms with Gasteiger partial charge in [0.05, 0.1) is 0 Å². The van der Waals surface area contributed by atoms with E-state index in [0.29, 0.717) is 26.2 Å². The molecule has 1 heterocycles. The maximum Gasteiger partial charge on any atom is 0.363 e. The van der Waals surface area contributed by atoms with Gasteiger partial charge in [0.1, 0.15) is 0 Å². The van der Waals surface area contributed by atoms with Crippen LogP contribution in [-0.4, -0.2) is 11.9 Å². The first-order valence-corrected chi connectivity index (χ1v) is 7.40. The highest BCUT2D eigenvalue weighted by molar-refractivity contribution is 6.35. The summed E-state index contributed by atoms with van der Waals surface area (Å²) in [6, 6.07) is 11.8. The Morgan fingerprint density at radius 1 is 0.955 bits per heavy atom. The van der Waals surface area contributed by atoms with Crippen LogP contribution in [0.25, 0.3) is 6.08 Å². The zero-order chi connectivity index (χ0) is 15.7. The summed E-state index contributed by atoms with van der Waals surface area (Å²) in [5.41, 5.74) is 1.48. The topological polar surface area (TPSA) is 38.7 Å². The highest BCUT2D eigenvalue weighted by Crippen LogP contribution is 2.26. The standard InChI is InChI=1S/C16H8Cl3NO2/c17-11-4-1-9(2-5-11)15-20-14(16(21)22-15)7-10-3-6-12(18)8-13(10)19/h1-8H/b14-7+. The molecule has 2 aromatic rings. The van der Waals surface area contributed by atoms with Gasteiger partial charge in [0.2, 0.25) is 5.90 Å². The third kappa shape index (κ3) is 3.17. The first-order chi connectivity index (χ1) is 10.5. The first-order valence-electron chi connectivity index (χ1n) is 6.26. The third-order valence-electron chi connectivity index (χ3n) is 2.97. The lowest BCUT2D eigenvalue weighted by molar-refractivity contribution is -0.129. The van der Waals surface area contributed by atoms with Crippen LogP contribution >= 0.6 is 34.8 Å². The Labute approximate surface area is 141 Å². The van der Waals surface area contributed by atoms with E-state index >= 15 is 0 Å². The largest absolute Gasteiger partial charge is 0.402 e. The molecule has 0 radical (unpaired) electrons. The van der Waals surface area contributed by atoms with Gasteiger partial charge < -0.3 is 4.74 Å². The second-order valence-corrected chi connectivity index (χ2v) is 5.79. The van der Waals surface area contributed by atoms with Crippen LogP contribution in [0.2, 0.25) is 15.1 Å². The van der Waals surface area contributed by atoms with Crippen molar-refractivity contribution < 1.29 is 9.53 Å². The van der Waals surface area contributed by atoms with Gasteiger partial charge in [0.15, 0.2) is 5.70 Å². The van der Waals surface area contributed by atoms with Gasteiger partial charge in [-0.25, -0.2) is 9.79 Å². The van der Waals surface area contributed by atoms with E-state index in [-0.39, 0.29) is 11.6 Å². The molecule has 0 aliphatic carbocycles. The number of carbonyl (C=O) groups is 1. The number of hydrogen-bond donors (Lipinski definition) is 0. The van der Waals surface area contributed by atoms with Crippen LogP contribution in [-0.2, 0) is 9.53 Å². The molecule has 0 bridgehead atoms. The smallest absolute Gasteiger partial charge is 0.363 e. The molecule has 0 spiro atoms. The first kappa shape index (κ1) is 15.1. The minimum absolute atomic E-state index is 0.175. The molecule has 0 unspecified atom stereocenters. The maximum absolute atomic E-state index is 11.9. The zero-order valence-electron chi connectivity index (χ0n) is 11.0. The van der Waals surface area contributed by atoms with Gasteiger partial charge in [-0.1, -0.05) is 40.9 Å². The van der Waals surface area contributed by atoms with Gasteiger partial charge in [0, 0.05) is 20.6 Å². The van der Waals surface area contributed by atoms with Crippen molar-refractivity contribution in [1.29, 1.82) is 0 Å². The van der Waals surface area contributed by atoms with E-state index in [1.165, 1.54) is 0 Å². The summed E-state index contributed by atoms with van der Waals surface area (Å²) >= 11 is 17.8. The van der Waals surface area contributed by atoms with Crippen LogP contribution in [0.3, 0.4) is 0 Å². The van der Waals surface area contributed by atoms with Gasteiger partial charge in [-0.05, 0) is 48.0 Å². The lowest BCUT2D eigenvalue weighted by Crippen LogP contribution is -2.05. The number of hydrogen-bond acceptors (Lipinski definition) is 3. The van der Waals surface area contributed by atoms with Gasteiger partial charge >= 0.3 is 5.97 Å². The van der Waals surface area contributed by atoms with E-state index in [1.54, 1.807) is 48.5 Å². The number of ether oxygens (including phenoxy) is 1. The minimum Gasteiger partial charge on any atom is -0.402 e. The quantitative estimate of drug-likeness (QED) is 0.564. The Morgan fingerprint density at radius 3 is 2.32 bits per heavy atom. The highest BCUT2D eigenvalue weighted by Gasteiger charge is 2.24. The molecule has 6 heteroatoms. The normalized spacial score (nSPS) is 15.9. The van der Waals surface area contributed by atoms with Crippen LogP contribution in [0, 0.1) is 0 Å². The van der Waals surface area contributed by atoms with E-state index in [0.717, 1.165) is 0 Å². The van der Waals surface area contributed by atoms with Crippen molar-refractivity contribution in [3.8, 4) is 0 Å². The fourth-order valence-corrected chi connectivity index (χ4v) is 2.48. The molecule has 0 atom stereocenters. The molecule has 22 heavy (non-hydrogen) atoms. The number of rotatable bonds is 2. The second kappa shape index (κ2) is 6.13. The van der Waals surface area contributed by atoms with Gasteiger partial charge in [-0.15, -0.1) is 0 Å². The molecule has 0 aromatic heterocycles. The lowest BCUT2D eigenvalue weighted by Gasteiger charge is -1.99. The summed E-state index contributed by atoms with van der Waals surface area (Å²) in [6.45, 7) is 0. The molecule has 2 aromatic carbocycles. The van der Waals surface area contributed by atoms with Crippen molar-refractivity contribution in [1.82, 2.24) is 0 Å². The highest BCUT2D eigenvalue weighted by atomic mass is 35.5. The van der Waals surface area contributed by atoms with Crippen molar-refractivity contribution in [2.45, 2.75) is 0 Å². The van der Waals surface area contributed by atoms with E-state index < -0.39 is 5.97 Å². The molecule has 3 rings (SSSR count). The van der Waals surface area contributed by atoms with Crippen LogP contribution in [0.1, 0.15) is 11.1 Å². The van der Waals surface area contributed by atoms with E-state index in [9.17, 15) is 4.79 Å². The molecule has 110 valence electrons. The minimum atomic E-state index is -0.532. The summed E-state index contributed by atoms with van der Waals surface area (Å²) < 4.78 is 5.17. The molecule has 0 fully saturated rings. The number of benzene rings is 2. The molecular weight excluding hydrogens is 345 g/mol. The lowest BCUT2D eigenvalue weighted by atomic mass is 10.2. The molecule has 0 saturated heterocycles. The van der Waals surface area contributed by atoms with Crippen LogP contribution in [0.5, 0.6) is 0 Å². The van der Waals surface area contributed by atoms with Crippen molar-refractivity contribution in [3.05, 3.63) is 74.4 Å². The Bertz CT molecular complexity index is 811. The molecule has 0 saturated carbocycles. The Kier molecular flexibility index (Phi) is 4.21. The van der Waals surface area contributed by atoms with Crippen LogP contribution in [0.15, 0.2) is 53.2 Å². The van der Waals surface area contributed by atoms with E-state index in [2.05, 4.69) is 4.99 Å². The molecular formula is C16H8Cl3NO2. The summed E-state index contributed by atoms with van der Waals surface area (Å²) in [4.78, 5) is 16.1. The molecule has 3 nitrogen and oxygen atoms in total. The summed E-state index contributed by atoms with van der Waals surface area (Å²) in [5.74, 6) is -0.297. The van der Waals surface area contributed by atoms with E-state index in [1.807, 2.05) is 0 Å². The summed E-state index contributed by atoms with van der Waals surface area (Å²) in [6.07, 6.45) is 1.56. The Hall–Kier alpha value is -1.81. The number of halogens is 3. The van der Waals surface area contributed by atoms with E-state index in [4.69, 9.17) is 39.5 Å². The number of nitrogens with zero attached hydrogens (tertiary/aromatic N) is 1. The van der Waals surface area contributed by atoms with Crippen LogP contribution < -0.4 is 0 Å². The zero-order valence-corrected chi connectivity index (χ0v) is 13.3. The predicted octanol–water partition coefficient (Wildman–Crippen LogP) is 4.99. The molecule has 0 N–H and O–H groups in total. The second-order valence-electron chi connectivity index (χ2n) is 4.51. The maximum atomic E-state index is 11.9. The molecule has 1 aliphatic heterocycles. The van der Waals surface area contributed by atoms with Gasteiger partial charge in [-0.3, -0.25) is 0 Å². The van der Waals surface area contributed by atoms with Crippen molar-refractivity contribution in [2.75, 3.05) is 0 Å². The number of esters is 1. The SMILES string of the molecule is O=C1OC(c2ccc(Cl)cc2)=N/C1=C/c1ccc(Cl)cc1Cl. The van der Waals surface area contributed by atoms with Gasteiger partial charge in [0.25, 0.3) is 0 Å². The van der Waals surface area contributed by atoms with Crippen molar-refractivity contribution in [3.63, 3.8) is 0 Å². The molecule has 0 amide bonds. The monoisotopic (exact) mass is 351 g/mol. The van der Waals surface area contributed by atoms with Gasteiger partial charge in [-0.2, -0.15) is 0 Å².